The fraction of sp³-hybridized carbons (Fsp3) is 0.476. The monoisotopic (exact) mass is 402 g/mol. The first kappa shape index (κ1) is 20.6. The summed E-state index contributed by atoms with van der Waals surface area (Å²) in [6.45, 7) is 3.81. The summed E-state index contributed by atoms with van der Waals surface area (Å²) in [4.78, 5) is 23.5. The van der Waals surface area contributed by atoms with E-state index >= 15 is 0 Å². The fourth-order valence-electron chi connectivity index (χ4n) is 3.77. The van der Waals surface area contributed by atoms with Crippen molar-refractivity contribution < 1.29 is 14.3 Å². The van der Waals surface area contributed by atoms with Crippen molar-refractivity contribution in [2.45, 2.75) is 36.9 Å². The highest BCUT2D eigenvalue weighted by molar-refractivity contribution is 7.99. The van der Waals surface area contributed by atoms with Crippen LogP contribution in [0.3, 0.4) is 0 Å². The molecule has 0 saturated carbocycles. The summed E-state index contributed by atoms with van der Waals surface area (Å²) in [7, 11) is 1.62. The number of hydrogen-bond donors (Lipinski definition) is 1. The molecule has 3 rings (SSSR count). The minimum atomic E-state index is -0.444. The Balaban J connectivity index is 1.67. The van der Waals surface area contributed by atoms with Gasteiger partial charge in [-0.05, 0) is 44.7 Å². The van der Waals surface area contributed by atoms with E-state index in [1.165, 1.54) is 0 Å². The first-order valence-corrected chi connectivity index (χ1v) is 10.3. The van der Waals surface area contributed by atoms with Crippen LogP contribution in [0.25, 0.3) is 10.8 Å². The van der Waals surface area contributed by atoms with Crippen LogP contribution in [-0.2, 0) is 9.53 Å². The number of rotatable bonds is 8. The Labute approximate surface area is 169 Å². The molecule has 0 amide bonds. The van der Waals surface area contributed by atoms with Gasteiger partial charge in [-0.25, -0.2) is 0 Å². The zero-order chi connectivity index (χ0) is 20.0. The molecule has 1 fully saturated rings. The highest BCUT2D eigenvalue weighted by Crippen LogP contribution is 2.38. The Morgan fingerprint density at radius 1 is 1.25 bits per heavy atom. The Morgan fingerprint density at radius 2 is 2.00 bits per heavy atom. The molecule has 7 heteroatoms. The molecular formula is C21H26N2O4S. The number of piperidine rings is 1. The molecule has 0 aliphatic carbocycles. The molecule has 1 aliphatic heterocycles. The average Bonchev–Trinajstić information content (AvgIpc) is 2.73. The number of nitrogens with one attached hydrogen (secondary N) is 1. The molecule has 1 atom stereocenters. The van der Waals surface area contributed by atoms with Gasteiger partial charge in [-0.1, -0.05) is 36.4 Å². The number of carbonyl (C=O) groups is 1. The second-order valence-electron chi connectivity index (χ2n) is 7.15. The summed E-state index contributed by atoms with van der Waals surface area (Å²) < 4.78 is 14.0. The van der Waals surface area contributed by atoms with E-state index in [4.69, 9.17) is 9.47 Å². The van der Waals surface area contributed by atoms with Crippen LogP contribution in [0, 0.1) is 4.91 Å². The van der Waals surface area contributed by atoms with Crippen LogP contribution in [-0.4, -0.2) is 37.5 Å². The maximum atomic E-state index is 12.7. The van der Waals surface area contributed by atoms with Gasteiger partial charge >= 0.3 is 5.97 Å². The number of methoxy groups -OCH3 is 1. The van der Waals surface area contributed by atoms with Crippen molar-refractivity contribution in [1.29, 1.82) is 0 Å². The number of benzene rings is 2. The van der Waals surface area contributed by atoms with Gasteiger partial charge in [0.15, 0.2) is 0 Å². The van der Waals surface area contributed by atoms with Crippen LogP contribution in [0.2, 0.25) is 0 Å². The van der Waals surface area contributed by atoms with Gasteiger partial charge in [-0.2, -0.15) is 0 Å². The van der Waals surface area contributed by atoms with Crippen LogP contribution >= 0.6 is 11.9 Å². The lowest BCUT2D eigenvalue weighted by molar-refractivity contribution is -0.145. The standard InChI is InChI=1S/C21H26N2O4S/c1-15(17-8-7-16-5-3-4-6-18(16)19(17)26-2)20(24)27-14-11-21(28-23-25)9-12-22-13-10-21/h3-8,15,22H,9-14H2,1-2H3/t15-/m0/s1. The third-order valence-electron chi connectivity index (χ3n) is 5.48. The van der Waals surface area contributed by atoms with E-state index in [1.54, 1.807) is 7.11 Å². The summed E-state index contributed by atoms with van der Waals surface area (Å²) >= 11 is 1.08. The molecular weight excluding hydrogens is 376 g/mol. The van der Waals surface area contributed by atoms with Crippen molar-refractivity contribution in [2.75, 3.05) is 26.8 Å². The Kier molecular flexibility index (Phi) is 6.91. The van der Waals surface area contributed by atoms with Crippen LogP contribution < -0.4 is 10.1 Å². The smallest absolute Gasteiger partial charge is 0.313 e. The van der Waals surface area contributed by atoms with Gasteiger partial charge < -0.3 is 14.8 Å². The highest BCUT2D eigenvalue weighted by Gasteiger charge is 2.34. The third kappa shape index (κ3) is 4.47. The van der Waals surface area contributed by atoms with E-state index in [-0.39, 0.29) is 17.3 Å². The first-order valence-electron chi connectivity index (χ1n) is 9.54. The van der Waals surface area contributed by atoms with Gasteiger partial charge in [-0.15, -0.1) is 4.91 Å². The van der Waals surface area contributed by atoms with E-state index in [0.29, 0.717) is 12.2 Å². The number of esters is 1. The summed E-state index contributed by atoms with van der Waals surface area (Å²) in [5.74, 6) is -0.0276. The largest absolute Gasteiger partial charge is 0.496 e. The first-order chi connectivity index (χ1) is 13.6. The predicted octanol–water partition coefficient (Wildman–Crippen LogP) is 4.42. The second-order valence-corrected chi connectivity index (χ2v) is 8.34. The van der Waals surface area contributed by atoms with E-state index in [1.807, 2.05) is 43.3 Å². The average molecular weight is 403 g/mol. The van der Waals surface area contributed by atoms with Crippen molar-refractivity contribution in [3.05, 3.63) is 46.9 Å². The predicted molar refractivity (Wildman–Crippen MR) is 113 cm³/mol. The van der Waals surface area contributed by atoms with Crippen LogP contribution in [0.1, 0.15) is 37.7 Å². The Morgan fingerprint density at radius 3 is 2.71 bits per heavy atom. The molecule has 0 spiro atoms. The van der Waals surface area contributed by atoms with Gasteiger partial charge in [0.25, 0.3) is 0 Å². The summed E-state index contributed by atoms with van der Waals surface area (Å²) in [5, 5.41) is 5.33. The molecule has 28 heavy (non-hydrogen) atoms. The molecule has 0 aromatic heterocycles. The van der Waals surface area contributed by atoms with E-state index in [2.05, 4.69) is 9.90 Å². The van der Waals surface area contributed by atoms with Crippen LogP contribution in [0.15, 0.2) is 41.0 Å². The third-order valence-corrected chi connectivity index (χ3v) is 6.56. The molecule has 0 radical (unpaired) electrons. The van der Waals surface area contributed by atoms with E-state index in [0.717, 1.165) is 54.2 Å². The number of nitroso groups, excluding NO2 is 1. The maximum Gasteiger partial charge on any atom is 0.313 e. The molecule has 0 bridgehead atoms. The molecule has 1 saturated heterocycles. The van der Waals surface area contributed by atoms with Crippen molar-refractivity contribution in [3.63, 3.8) is 0 Å². The Bertz CT molecular complexity index is 836. The van der Waals surface area contributed by atoms with Gasteiger partial charge in [0.2, 0.25) is 0 Å². The summed E-state index contributed by atoms with van der Waals surface area (Å²) in [5.41, 5.74) is 0.812. The van der Waals surface area contributed by atoms with E-state index in [9.17, 15) is 9.70 Å². The lowest BCUT2D eigenvalue weighted by Gasteiger charge is -2.34. The normalized spacial score (nSPS) is 17.1. The minimum Gasteiger partial charge on any atom is -0.496 e. The molecule has 2 aromatic rings. The number of nitrogens with zero attached hydrogens (tertiary/aromatic N) is 1. The quantitative estimate of drug-likeness (QED) is 0.400. The SMILES string of the molecule is COc1c([C@H](C)C(=O)OCCC2(SN=O)CCNCC2)ccc2ccccc12. The summed E-state index contributed by atoms with van der Waals surface area (Å²) in [6.07, 6.45) is 2.31. The topological polar surface area (TPSA) is 77.0 Å². The molecule has 1 aliphatic rings. The van der Waals surface area contributed by atoms with Gasteiger partial charge in [-0.3, -0.25) is 4.79 Å². The van der Waals surface area contributed by atoms with Crippen LogP contribution in [0.4, 0.5) is 0 Å². The van der Waals surface area contributed by atoms with Gasteiger partial charge in [0.05, 0.1) is 19.6 Å². The van der Waals surface area contributed by atoms with Crippen molar-refractivity contribution in [2.24, 2.45) is 4.58 Å². The zero-order valence-corrected chi connectivity index (χ0v) is 17.1. The molecule has 150 valence electrons. The molecule has 2 aromatic carbocycles. The lowest BCUT2D eigenvalue weighted by atomic mass is 9.93. The lowest BCUT2D eigenvalue weighted by Crippen LogP contribution is -2.40. The number of ether oxygens (including phenoxy) is 2. The van der Waals surface area contributed by atoms with Gasteiger partial charge in [0, 0.05) is 32.2 Å². The highest BCUT2D eigenvalue weighted by atomic mass is 32.2. The minimum absolute atomic E-state index is 0.239. The second kappa shape index (κ2) is 9.39. The number of hydrogen-bond acceptors (Lipinski definition) is 7. The molecule has 1 N–H and O–H groups in total. The maximum absolute atomic E-state index is 12.7. The molecule has 1 heterocycles. The van der Waals surface area contributed by atoms with Crippen molar-refractivity contribution in [1.82, 2.24) is 5.32 Å². The number of carbonyl (C=O) groups excluding carboxylic acids is 1. The number of fused-ring (bicyclic) bond motifs is 1. The van der Waals surface area contributed by atoms with E-state index < -0.39 is 5.92 Å². The molecule has 0 unspecified atom stereocenters. The summed E-state index contributed by atoms with van der Waals surface area (Å²) in [6, 6.07) is 11.8. The van der Waals surface area contributed by atoms with Crippen molar-refractivity contribution in [3.8, 4) is 5.75 Å². The van der Waals surface area contributed by atoms with Crippen molar-refractivity contribution >= 4 is 28.7 Å². The fourth-order valence-corrected chi connectivity index (χ4v) is 4.49. The van der Waals surface area contributed by atoms with Gasteiger partial charge in [0.1, 0.15) is 5.75 Å². The zero-order valence-electron chi connectivity index (χ0n) is 16.3. The van der Waals surface area contributed by atoms with Crippen LogP contribution in [0.5, 0.6) is 5.75 Å². The molecule has 6 nitrogen and oxygen atoms in total. The Hall–Kier alpha value is -2.12.